The Hall–Kier alpha value is -0.610. The predicted octanol–water partition coefficient (Wildman–Crippen LogP) is 0.960. The van der Waals surface area contributed by atoms with Crippen molar-refractivity contribution in [3.63, 3.8) is 0 Å². The molecule has 4 nitrogen and oxygen atoms in total. The normalized spacial score (nSPS) is 27.8. The van der Waals surface area contributed by atoms with Crippen molar-refractivity contribution >= 4 is 5.91 Å². The van der Waals surface area contributed by atoms with Crippen LogP contribution in [0.5, 0.6) is 0 Å². The molecule has 3 unspecified atom stereocenters. The zero-order valence-electron chi connectivity index (χ0n) is 11.4. The second kappa shape index (κ2) is 6.97. The van der Waals surface area contributed by atoms with E-state index in [1.807, 2.05) is 6.92 Å². The number of carbonyl (C=O) groups excluding carboxylic acids is 1. The second-order valence-corrected chi connectivity index (χ2v) is 5.25. The highest BCUT2D eigenvalue weighted by Gasteiger charge is 2.28. The molecule has 1 rings (SSSR count). The number of hydrogen-bond donors (Lipinski definition) is 2. The van der Waals surface area contributed by atoms with E-state index in [2.05, 4.69) is 24.1 Å². The minimum atomic E-state index is -0.0505. The van der Waals surface area contributed by atoms with Gasteiger partial charge in [-0.25, -0.2) is 0 Å². The molecule has 1 aliphatic heterocycles. The van der Waals surface area contributed by atoms with Crippen molar-refractivity contribution in [3.05, 3.63) is 0 Å². The third-order valence-corrected chi connectivity index (χ3v) is 3.80. The molecule has 4 heteroatoms. The topological polar surface area (TPSA) is 58.4 Å². The van der Waals surface area contributed by atoms with Gasteiger partial charge in [0.1, 0.15) is 0 Å². The van der Waals surface area contributed by atoms with E-state index in [0.717, 1.165) is 38.9 Å². The zero-order chi connectivity index (χ0) is 12.8. The number of hydrogen-bond acceptors (Lipinski definition) is 3. The first kappa shape index (κ1) is 14.5. The van der Waals surface area contributed by atoms with Gasteiger partial charge in [0.25, 0.3) is 0 Å². The van der Waals surface area contributed by atoms with E-state index in [1.165, 1.54) is 0 Å². The van der Waals surface area contributed by atoms with Gasteiger partial charge in [-0.2, -0.15) is 0 Å². The summed E-state index contributed by atoms with van der Waals surface area (Å²) in [4.78, 5) is 14.1. The van der Waals surface area contributed by atoms with Gasteiger partial charge >= 0.3 is 0 Å². The molecule has 1 amide bonds. The highest BCUT2D eigenvalue weighted by Crippen LogP contribution is 2.17. The lowest BCUT2D eigenvalue weighted by molar-refractivity contribution is -0.126. The fraction of sp³-hybridized carbons (Fsp3) is 0.923. The lowest BCUT2D eigenvalue weighted by Gasteiger charge is -2.37. The molecule has 0 aromatic carbocycles. The summed E-state index contributed by atoms with van der Waals surface area (Å²) < 4.78 is 0. The monoisotopic (exact) mass is 241 g/mol. The standard InChI is InChI=1S/C13H27N3O/c1-4-5-7-15-13(17)11(3)16-8-6-10(2)12(14)9-16/h10-12H,4-9,14H2,1-3H3,(H,15,17). The number of piperidine rings is 1. The van der Waals surface area contributed by atoms with E-state index < -0.39 is 0 Å². The smallest absolute Gasteiger partial charge is 0.237 e. The van der Waals surface area contributed by atoms with Gasteiger partial charge in [-0.15, -0.1) is 0 Å². The van der Waals surface area contributed by atoms with Crippen LogP contribution in [0.15, 0.2) is 0 Å². The van der Waals surface area contributed by atoms with E-state index in [9.17, 15) is 4.79 Å². The Morgan fingerprint density at radius 2 is 2.29 bits per heavy atom. The van der Waals surface area contributed by atoms with Gasteiger partial charge in [0.15, 0.2) is 0 Å². The maximum absolute atomic E-state index is 11.9. The number of likely N-dealkylation sites (tertiary alicyclic amines) is 1. The summed E-state index contributed by atoms with van der Waals surface area (Å²) in [6.07, 6.45) is 3.25. The molecule has 0 aromatic heterocycles. The van der Waals surface area contributed by atoms with Crippen molar-refractivity contribution in [2.75, 3.05) is 19.6 Å². The van der Waals surface area contributed by atoms with Crippen LogP contribution in [0.2, 0.25) is 0 Å². The highest BCUT2D eigenvalue weighted by molar-refractivity contribution is 5.81. The Labute approximate surface area is 105 Å². The molecule has 1 heterocycles. The zero-order valence-corrected chi connectivity index (χ0v) is 11.4. The predicted molar refractivity (Wildman–Crippen MR) is 70.7 cm³/mol. The van der Waals surface area contributed by atoms with Crippen LogP contribution in [0.4, 0.5) is 0 Å². The molecule has 0 radical (unpaired) electrons. The lowest BCUT2D eigenvalue weighted by atomic mass is 9.93. The molecule has 1 aliphatic rings. The molecule has 0 aromatic rings. The van der Waals surface area contributed by atoms with Crippen LogP contribution in [-0.2, 0) is 4.79 Å². The molecule has 3 atom stereocenters. The van der Waals surface area contributed by atoms with Gasteiger partial charge in [0, 0.05) is 19.1 Å². The molecular formula is C13H27N3O. The molecule has 0 bridgehead atoms. The molecule has 17 heavy (non-hydrogen) atoms. The van der Waals surface area contributed by atoms with E-state index in [4.69, 9.17) is 5.73 Å². The van der Waals surface area contributed by atoms with Crippen molar-refractivity contribution in [2.24, 2.45) is 11.7 Å². The maximum atomic E-state index is 11.9. The highest BCUT2D eigenvalue weighted by atomic mass is 16.2. The average molecular weight is 241 g/mol. The van der Waals surface area contributed by atoms with Gasteiger partial charge in [-0.05, 0) is 32.2 Å². The number of carbonyl (C=O) groups is 1. The number of nitrogens with one attached hydrogen (secondary N) is 1. The molecule has 0 aliphatic carbocycles. The van der Waals surface area contributed by atoms with Crippen molar-refractivity contribution in [2.45, 2.75) is 52.1 Å². The van der Waals surface area contributed by atoms with Crippen molar-refractivity contribution in [1.29, 1.82) is 0 Å². The molecule has 100 valence electrons. The first-order chi connectivity index (χ1) is 8.06. The largest absolute Gasteiger partial charge is 0.355 e. The van der Waals surface area contributed by atoms with Crippen LogP contribution in [0.3, 0.4) is 0 Å². The SMILES string of the molecule is CCCCNC(=O)C(C)N1CCC(C)C(N)C1. The molecule has 0 spiro atoms. The van der Waals surface area contributed by atoms with Gasteiger partial charge in [0.2, 0.25) is 5.91 Å². The summed E-state index contributed by atoms with van der Waals surface area (Å²) in [6.45, 7) is 8.90. The first-order valence-corrected chi connectivity index (χ1v) is 6.83. The number of nitrogens with two attached hydrogens (primary N) is 1. The lowest BCUT2D eigenvalue weighted by Crippen LogP contribution is -2.54. The maximum Gasteiger partial charge on any atom is 0.237 e. The van der Waals surface area contributed by atoms with E-state index in [1.54, 1.807) is 0 Å². The number of nitrogens with zero attached hydrogens (tertiary/aromatic N) is 1. The molecular weight excluding hydrogens is 214 g/mol. The molecule has 1 fully saturated rings. The number of amides is 1. The van der Waals surface area contributed by atoms with Crippen molar-refractivity contribution in [3.8, 4) is 0 Å². The van der Waals surface area contributed by atoms with E-state index in [-0.39, 0.29) is 18.0 Å². The fourth-order valence-corrected chi connectivity index (χ4v) is 2.18. The van der Waals surface area contributed by atoms with E-state index in [0.29, 0.717) is 5.92 Å². The van der Waals surface area contributed by atoms with Crippen LogP contribution in [0.25, 0.3) is 0 Å². The summed E-state index contributed by atoms with van der Waals surface area (Å²) in [5.74, 6) is 0.710. The van der Waals surface area contributed by atoms with Gasteiger partial charge in [-0.3, -0.25) is 9.69 Å². The average Bonchev–Trinajstić information content (AvgIpc) is 2.32. The molecule has 1 saturated heterocycles. The summed E-state index contributed by atoms with van der Waals surface area (Å²) in [5.41, 5.74) is 6.05. The van der Waals surface area contributed by atoms with Crippen LogP contribution in [-0.4, -0.2) is 42.5 Å². The number of unbranched alkanes of at least 4 members (excludes halogenated alkanes) is 1. The summed E-state index contributed by atoms with van der Waals surface area (Å²) in [5, 5.41) is 2.99. The van der Waals surface area contributed by atoms with Gasteiger partial charge in [0.05, 0.1) is 6.04 Å². The molecule has 0 saturated carbocycles. The van der Waals surface area contributed by atoms with Crippen LogP contribution < -0.4 is 11.1 Å². The van der Waals surface area contributed by atoms with Crippen LogP contribution >= 0.6 is 0 Å². The van der Waals surface area contributed by atoms with E-state index >= 15 is 0 Å². The van der Waals surface area contributed by atoms with Crippen molar-refractivity contribution in [1.82, 2.24) is 10.2 Å². The quantitative estimate of drug-likeness (QED) is 0.705. The Morgan fingerprint density at radius 3 is 2.88 bits per heavy atom. The summed E-state index contributed by atoms with van der Waals surface area (Å²) >= 11 is 0. The van der Waals surface area contributed by atoms with Crippen LogP contribution in [0, 0.1) is 5.92 Å². The summed E-state index contributed by atoms with van der Waals surface area (Å²) in [6, 6.07) is 0.153. The Morgan fingerprint density at radius 1 is 1.59 bits per heavy atom. The second-order valence-electron chi connectivity index (χ2n) is 5.25. The van der Waals surface area contributed by atoms with Crippen molar-refractivity contribution < 1.29 is 4.79 Å². The Balaban J connectivity index is 2.36. The first-order valence-electron chi connectivity index (χ1n) is 6.83. The fourth-order valence-electron chi connectivity index (χ4n) is 2.18. The third kappa shape index (κ3) is 4.28. The van der Waals surface area contributed by atoms with Crippen LogP contribution in [0.1, 0.15) is 40.0 Å². The van der Waals surface area contributed by atoms with Gasteiger partial charge < -0.3 is 11.1 Å². The summed E-state index contributed by atoms with van der Waals surface area (Å²) in [7, 11) is 0. The molecule has 3 N–H and O–H groups in total. The Bertz CT molecular complexity index is 245. The third-order valence-electron chi connectivity index (χ3n) is 3.80. The Kier molecular flexibility index (Phi) is 5.92. The minimum Gasteiger partial charge on any atom is -0.355 e. The minimum absolute atomic E-state index is 0.0505. The number of rotatable bonds is 5. The van der Waals surface area contributed by atoms with Gasteiger partial charge in [-0.1, -0.05) is 20.3 Å².